The molecule has 4 heterocycles. The van der Waals surface area contributed by atoms with Crippen molar-refractivity contribution in [3.05, 3.63) is 42.0 Å². The minimum absolute atomic E-state index is 0.00603. The van der Waals surface area contributed by atoms with Gasteiger partial charge in [-0.1, -0.05) is 12.2 Å². The normalized spacial score (nSPS) is 29.4. The van der Waals surface area contributed by atoms with Crippen molar-refractivity contribution in [1.82, 2.24) is 20.2 Å². The summed E-state index contributed by atoms with van der Waals surface area (Å²) in [6.07, 6.45) is 4.87. The number of H-pyrrole nitrogens is 1. The molecule has 3 aliphatic heterocycles. The smallest absolute Gasteiger partial charge is 0.230 e. The third kappa shape index (κ3) is 2.93. The Balaban J connectivity index is 1.20. The predicted molar refractivity (Wildman–Crippen MR) is 108 cm³/mol. The first kappa shape index (κ1) is 19.2. The van der Waals surface area contributed by atoms with Gasteiger partial charge in [0.1, 0.15) is 17.2 Å². The quantitative estimate of drug-likeness (QED) is 0.561. The lowest BCUT2D eigenvalue weighted by molar-refractivity contribution is -0.138. The molecule has 7 nitrogen and oxygen atoms in total. The molecule has 30 heavy (non-hydrogen) atoms. The van der Waals surface area contributed by atoms with Gasteiger partial charge in [0.15, 0.2) is 0 Å². The number of halogens is 1. The number of carbonyl (C=O) groups excluding carboxylic acids is 2. The number of hydrogen-bond donors (Lipinski definition) is 2. The number of likely N-dealkylation sites (tertiary alicyclic amines) is 1. The van der Waals surface area contributed by atoms with Crippen LogP contribution in [0, 0.1) is 17.7 Å². The molecule has 2 saturated heterocycles. The Morgan fingerprint density at radius 2 is 2.30 bits per heavy atom. The van der Waals surface area contributed by atoms with Crippen LogP contribution < -0.4 is 5.32 Å². The van der Waals surface area contributed by atoms with Gasteiger partial charge in [0.05, 0.1) is 35.5 Å². The lowest BCUT2D eigenvalue weighted by atomic mass is 9.77. The minimum atomic E-state index is -0.655. The summed E-state index contributed by atoms with van der Waals surface area (Å²) in [4.78, 5) is 35.2. The largest absolute Gasteiger partial charge is 0.360 e. The van der Waals surface area contributed by atoms with E-state index < -0.39 is 17.4 Å². The zero-order valence-electron chi connectivity index (χ0n) is 17.0. The molecule has 2 amide bonds. The maximum Gasteiger partial charge on any atom is 0.230 e. The van der Waals surface area contributed by atoms with Crippen LogP contribution in [0.5, 0.6) is 0 Å². The number of aromatic amines is 1. The Morgan fingerprint density at radius 1 is 1.47 bits per heavy atom. The number of fused-ring (bicyclic) bond motifs is 2. The highest BCUT2D eigenvalue weighted by molar-refractivity contribution is 5.93. The molecule has 4 atom stereocenters. The summed E-state index contributed by atoms with van der Waals surface area (Å²) >= 11 is 0. The van der Waals surface area contributed by atoms with Crippen LogP contribution in [-0.2, 0) is 20.7 Å². The van der Waals surface area contributed by atoms with Gasteiger partial charge in [-0.25, -0.2) is 9.37 Å². The van der Waals surface area contributed by atoms with E-state index >= 15 is 0 Å². The molecule has 2 aromatic rings. The molecular weight excluding hydrogens is 387 g/mol. The van der Waals surface area contributed by atoms with Crippen molar-refractivity contribution in [3.63, 3.8) is 0 Å². The van der Waals surface area contributed by atoms with Gasteiger partial charge >= 0.3 is 0 Å². The van der Waals surface area contributed by atoms with E-state index in [2.05, 4.69) is 15.3 Å². The van der Waals surface area contributed by atoms with E-state index in [9.17, 15) is 14.0 Å². The number of hydrogen-bond acceptors (Lipinski definition) is 4. The first-order chi connectivity index (χ1) is 14.4. The minimum Gasteiger partial charge on any atom is -0.360 e. The molecular formula is C22H25FN4O3. The number of nitrogens with one attached hydrogen (secondary N) is 2. The van der Waals surface area contributed by atoms with Crippen LogP contribution in [-0.4, -0.2) is 57.5 Å². The molecule has 8 heteroatoms. The molecule has 0 saturated carbocycles. The molecule has 2 N–H and O–H groups in total. The Labute approximate surface area is 173 Å². The van der Waals surface area contributed by atoms with Gasteiger partial charge < -0.3 is 19.9 Å². The third-order valence-electron chi connectivity index (χ3n) is 6.44. The maximum absolute atomic E-state index is 13.3. The van der Waals surface area contributed by atoms with E-state index in [0.717, 1.165) is 11.3 Å². The highest BCUT2D eigenvalue weighted by Gasteiger charge is 2.66. The fraction of sp³-hybridized carbons (Fsp3) is 0.500. The second-order valence-corrected chi connectivity index (χ2v) is 8.70. The summed E-state index contributed by atoms with van der Waals surface area (Å²) in [7, 11) is 0. The maximum atomic E-state index is 13.3. The van der Waals surface area contributed by atoms with Gasteiger partial charge in [0, 0.05) is 19.0 Å². The number of imidazole rings is 1. The number of aromatic nitrogens is 2. The Hall–Kier alpha value is -2.74. The number of nitrogens with zero attached hydrogens (tertiary/aromatic N) is 2. The van der Waals surface area contributed by atoms with Crippen LogP contribution in [0.15, 0.2) is 30.4 Å². The summed E-state index contributed by atoms with van der Waals surface area (Å²) in [5.74, 6) is -0.607. The van der Waals surface area contributed by atoms with E-state index in [0.29, 0.717) is 31.4 Å². The Morgan fingerprint density at radius 3 is 3.10 bits per heavy atom. The molecule has 0 radical (unpaired) electrons. The first-order valence-corrected chi connectivity index (χ1v) is 10.5. The van der Waals surface area contributed by atoms with Crippen molar-refractivity contribution in [1.29, 1.82) is 0 Å². The van der Waals surface area contributed by atoms with Crippen molar-refractivity contribution in [3.8, 4) is 0 Å². The number of carbonyl (C=O) groups is 2. The fourth-order valence-corrected chi connectivity index (χ4v) is 5.00. The summed E-state index contributed by atoms with van der Waals surface area (Å²) in [6, 6.07) is 4.53. The summed E-state index contributed by atoms with van der Waals surface area (Å²) in [6.45, 7) is 4.94. The SMILES string of the molecule is CC(C)N1CC23C=CC(O2)C(C(=O)NCCCc2nc4ccc(F)cc4[nH]2)C3C1=O. The van der Waals surface area contributed by atoms with Crippen molar-refractivity contribution in [2.24, 2.45) is 11.8 Å². The summed E-state index contributed by atoms with van der Waals surface area (Å²) in [5.41, 5.74) is 0.734. The second kappa shape index (κ2) is 6.91. The van der Waals surface area contributed by atoms with Crippen molar-refractivity contribution >= 4 is 22.8 Å². The molecule has 3 aliphatic rings. The van der Waals surface area contributed by atoms with Crippen molar-refractivity contribution in [2.45, 2.75) is 44.4 Å². The monoisotopic (exact) mass is 412 g/mol. The second-order valence-electron chi connectivity index (χ2n) is 8.70. The van der Waals surface area contributed by atoms with Gasteiger partial charge in [-0.05, 0) is 38.5 Å². The number of amides is 2. The number of rotatable bonds is 6. The molecule has 158 valence electrons. The number of benzene rings is 1. The topological polar surface area (TPSA) is 87.3 Å². The Bertz CT molecular complexity index is 1050. The molecule has 1 aromatic heterocycles. The standard InChI is InChI=1S/C22H25FN4O3/c1-12(2)27-11-22-8-7-16(30-22)18(19(22)21(27)29)20(28)24-9-3-4-17-25-14-6-5-13(23)10-15(14)26-17/h5-8,10,12,16,18-19H,3-4,9,11H2,1-2H3,(H,24,28)(H,25,26). The summed E-state index contributed by atoms with van der Waals surface area (Å²) < 4.78 is 19.4. The molecule has 1 aromatic carbocycles. The van der Waals surface area contributed by atoms with Crippen molar-refractivity contribution in [2.75, 3.05) is 13.1 Å². The highest BCUT2D eigenvalue weighted by Crippen LogP contribution is 2.52. The lowest BCUT2D eigenvalue weighted by Gasteiger charge is -2.24. The lowest BCUT2D eigenvalue weighted by Crippen LogP contribution is -2.44. The summed E-state index contributed by atoms with van der Waals surface area (Å²) in [5, 5.41) is 2.97. The van der Waals surface area contributed by atoms with E-state index in [1.165, 1.54) is 12.1 Å². The van der Waals surface area contributed by atoms with Crippen LogP contribution >= 0.6 is 0 Å². The van der Waals surface area contributed by atoms with Gasteiger partial charge in [-0.3, -0.25) is 9.59 Å². The van der Waals surface area contributed by atoms with Crippen LogP contribution in [0.2, 0.25) is 0 Å². The molecule has 5 rings (SSSR count). The molecule has 2 fully saturated rings. The Kier molecular flexibility index (Phi) is 4.43. The molecule has 2 bridgehead atoms. The average Bonchev–Trinajstić information content (AvgIpc) is 3.44. The molecule has 1 spiro atoms. The van der Waals surface area contributed by atoms with Crippen LogP contribution in [0.4, 0.5) is 4.39 Å². The predicted octanol–water partition coefficient (Wildman–Crippen LogP) is 1.94. The number of ether oxygens (including phenoxy) is 1. The van der Waals surface area contributed by atoms with E-state index in [4.69, 9.17) is 4.74 Å². The highest BCUT2D eigenvalue weighted by atomic mass is 19.1. The van der Waals surface area contributed by atoms with Crippen molar-refractivity contribution < 1.29 is 18.7 Å². The number of aryl methyl sites for hydroxylation is 1. The van der Waals surface area contributed by atoms with E-state index in [1.54, 1.807) is 11.0 Å². The third-order valence-corrected chi connectivity index (χ3v) is 6.44. The van der Waals surface area contributed by atoms with Crippen LogP contribution in [0.1, 0.15) is 26.1 Å². The molecule has 4 unspecified atom stereocenters. The van der Waals surface area contributed by atoms with Crippen LogP contribution in [0.25, 0.3) is 11.0 Å². The van der Waals surface area contributed by atoms with E-state index in [-0.39, 0.29) is 29.8 Å². The first-order valence-electron chi connectivity index (χ1n) is 10.5. The zero-order chi connectivity index (χ0) is 21.0. The average molecular weight is 412 g/mol. The van der Waals surface area contributed by atoms with Crippen LogP contribution in [0.3, 0.4) is 0 Å². The van der Waals surface area contributed by atoms with Gasteiger partial charge in [0.2, 0.25) is 11.8 Å². The fourth-order valence-electron chi connectivity index (χ4n) is 5.00. The van der Waals surface area contributed by atoms with Gasteiger partial charge in [-0.2, -0.15) is 0 Å². The molecule has 0 aliphatic carbocycles. The van der Waals surface area contributed by atoms with Gasteiger partial charge in [-0.15, -0.1) is 0 Å². The van der Waals surface area contributed by atoms with E-state index in [1.807, 2.05) is 26.0 Å². The zero-order valence-corrected chi connectivity index (χ0v) is 17.0. The van der Waals surface area contributed by atoms with Gasteiger partial charge in [0.25, 0.3) is 0 Å².